The Morgan fingerprint density at radius 3 is 2.63 bits per heavy atom. The number of para-hydroxylation sites is 2. The van der Waals surface area contributed by atoms with Gasteiger partial charge in [-0.2, -0.15) is 0 Å². The molecular formula is C23H19N3O3S. The van der Waals surface area contributed by atoms with Crippen molar-refractivity contribution < 1.29 is 14.3 Å². The molecule has 0 unspecified atom stereocenters. The minimum absolute atomic E-state index is 0.0497. The van der Waals surface area contributed by atoms with Crippen molar-refractivity contribution in [3.05, 3.63) is 83.5 Å². The van der Waals surface area contributed by atoms with Gasteiger partial charge in [-0.3, -0.25) is 19.5 Å². The lowest BCUT2D eigenvalue weighted by Crippen LogP contribution is -2.22. The van der Waals surface area contributed by atoms with Gasteiger partial charge >= 0.3 is 5.97 Å². The molecule has 0 radical (unpaired) electrons. The maximum Gasteiger partial charge on any atom is 0.310 e. The summed E-state index contributed by atoms with van der Waals surface area (Å²) in [6.07, 6.45) is 1.84. The van der Waals surface area contributed by atoms with Crippen molar-refractivity contribution >= 4 is 44.9 Å². The van der Waals surface area contributed by atoms with Crippen molar-refractivity contribution in [1.29, 1.82) is 0 Å². The summed E-state index contributed by atoms with van der Waals surface area (Å²) < 4.78 is 5.41. The van der Waals surface area contributed by atoms with Crippen LogP contribution in [-0.2, 0) is 27.4 Å². The number of carbonyl (C=O) groups excluding carboxylic acids is 2. The second-order valence-electron chi connectivity index (χ2n) is 6.64. The number of hydrogen-bond acceptors (Lipinski definition) is 6. The summed E-state index contributed by atoms with van der Waals surface area (Å²) >= 11 is 1.33. The molecule has 0 fully saturated rings. The molecule has 0 bridgehead atoms. The van der Waals surface area contributed by atoms with Crippen molar-refractivity contribution in [1.82, 2.24) is 9.97 Å². The number of amides is 1. The molecule has 0 aliphatic heterocycles. The quantitative estimate of drug-likeness (QED) is 0.427. The van der Waals surface area contributed by atoms with Gasteiger partial charge in [0.25, 0.3) is 0 Å². The lowest BCUT2D eigenvalue weighted by molar-refractivity contribution is -0.144. The topological polar surface area (TPSA) is 72.4 Å². The van der Waals surface area contributed by atoms with Crippen LogP contribution in [0.15, 0.2) is 72.2 Å². The van der Waals surface area contributed by atoms with Gasteiger partial charge in [0.1, 0.15) is 6.61 Å². The summed E-state index contributed by atoms with van der Waals surface area (Å²) in [6.45, 7) is 1.54. The van der Waals surface area contributed by atoms with Gasteiger partial charge < -0.3 is 4.74 Å². The Morgan fingerprint density at radius 2 is 1.83 bits per heavy atom. The number of carbonyl (C=O) groups is 2. The molecule has 0 atom stereocenters. The maximum atomic E-state index is 12.4. The lowest BCUT2D eigenvalue weighted by Gasteiger charge is -2.17. The Labute approximate surface area is 177 Å². The first-order valence-corrected chi connectivity index (χ1v) is 10.3. The van der Waals surface area contributed by atoms with Crippen LogP contribution in [0.4, 0.5) is 10.8 Å². The molecule has 1 amide bonds. The van der Waals surface area contributed by atoms with E-state index in [-0.39, 0.29) is 24.9 Å². The van der Waals surface area contributed by atoms with Gasteiger partial charge in [-0.1, -0.05) is 42.5 Å². The van der Waals surface area contributed by atoms with Crippen LogP contribution in [0, 0.1) is 0 Å². The first-order valence-electron chi connectivity index (χ1n) is 9.40. The zero-order valence-electron chi connectivity index (χ0n) is 16.3. The van der Waals surface area contributed by atoms with E-state index in [1.165, 1.54) is 23.2 Å². The summed E-state index contributed by atoms with van der Waals surface area (Å²) in [4.78, 5) is 34.9. The van der Waals surface area contributed by atoms with Gasteiger partial charge in [0.2, 0.25) is 5.91 Å². The summed E-state index contributed by atoms with van der Waals surface area (Å²) in [5, 5.41) is 3.32. The minimum atomic E-state index is -0.353. The highest BCUT2D eigenvalue weighted by atomic mass is 32.1. The monoisotopic (exact) mass is 417 g/mol. The molecule has 0 N–H and O–H groups in total. The predicted molar refractivity (Wildman–Crippen MR) is 117 cm³/mol. The minimum Gasteiger partial charge on any atom is -0.459 e. The molecule has 2 heterocycles. The number of hydrogen-bond donors (Lipinski definition) is 0. The lowest BCUT2D eigenvalue weighted by atomic mass is 10.1. The summed E-state index contributed by atoms with van der Waals surface area (Å²) in [5.74, 6) is -0.489. The molecule has 6 nitrogen and oxygen atoms in total. The van der Waals surface area contributed by atoms with E-state index in [4.69, 9.17) is 4.74 Å². The first-order chi connectivity index (χ1) is 14.6. The van der Waals surface area contributed by atoms with E-state index in [0.29, 0.717) is 10.8 Å². The van der Waals surface area contributed by atoms with Crippen LogP contribution < -0.4 is 4.90 Å². The zero-order chi connectivity index (χ0) is 20.9. The smallest absolute Gasteiger partial charge is 0.310 e. The Hall–Kier alpha value is -3.58. The van der Waals surface area contributed by atoms with Gasteiger partial charge in [0, 0.05) is 23.9 Å². The SMILES string of the molecule is CC(=O)N(c1ccccc1)c1nc(COC(=O)Cc2cccc3cccnc23)cs1. The standard InChI is InChI=1S/C23H19N3O3S/c1-16(27)26(20-10-3-2-4-11-20)23-25-19(15-30-23)14-29-21(28)13-18-8-5-7-17-9-6-12-24-22(17)18/h2-12,15H,13-14H2,1H3. The van der Waals surface area contributed by atoms with Crippen LogP contribution in [0.25, 0.3) is 10.9 Å². The molecule has 2 aromatic heterocycles. The Bertz CT molecular complexity index is 1190. The molecule has 2 aromatic carbocycles. The highest BCUT2D eigenvalue weighted by molar-refractivity contribution is 7.14. The summed E-state index contributed by atoms with van der Waals surface area (Å²) in [5.41, 5.74) is 2.96. The largest absolute Gasteiger partial charge is 0.459 e. The van der Waals surface area contributed by atoms with Crippen molar-refractivity contribution in [3.8, 4) is 0 Å². The fourth-order valence-electron chi connectivity index (χ4n) is 3.14. The number of pyridine rings is 1. The van der Waals surface area contributed by atoms with Crippen molar-refractivity contribution in [2.75, 3.05) is 4.90 Å². The molecule has 7 heteroatoms. The van der Waals surface area contributed by atoms with Crippen LogP contribution in [0.1, 0.15) is 18.2 Å². The third kappa shape index (κ3) is 4.36. The van der Waals surface area contributed by atoms with Crippen LogP contribution in [0.3, 0.4) is 0 Å². The third-order valence-electron chi connectivity index (χ3n) is 4.49. The molecule has 0 saturated carbocycles. The molecule has 0 saturated heterocycles. The van der Waals surface area contributed by atoms with E-state index >= 15 is 0 Å². The molecule has 150 valence electrons. The van der Waals surface area contributed by atoms with Crippen LogP contribution in [0.2, 0.25) is 0 Å². The highest BCUT2D eigenvalue weighted by Crippen LogP contribution is 2.29. The molecular weight excluding hydrogens is 398 g/mol. The van der Waals surface area contributed by atoms with Crippen molar-refractivity contribution in [2.45, 2.75) is 20.0 Å². The molecule has 4 rings (SSSR count). The van der Waals surface area contributed by atoms with E-state index in [1.54, 1.807) is 11.6 Å². The van der Waals surface area contributed by atoms with E-state index in [0.717, 1.165) is 22.2 Å². The number of aromatic nitrogens is 2. The first kappa shape index (κ1) is 19.7. The number of fused-ring (bicyclic) bond motifs is 1. The molecule has 0 aliphatic rings. The second kappa shape index (κ2) is 8.84. The average molecular weight is 417 g/mol. The Kier molecular flexibility index (Phi) is 5.81. The molecule has 30 heavy (non-hydrogen) atoms. The number of esters is 1. The molecule has 0 aliphatic carbocycles. The van der Waals surface area contributed by atoms with Crippen LogP contribution in [0.5, 0.6) is 0 Å². The highest BCUT2D eigenvalue weighted by Gasteiger charge is 2.18. The van der Waals surface area contributed by atoms with Gasteiger partial charge in [-0.15, -0.1) is 11.3 Å². The number of rotatable bonds is 6. The van der Waals surface area contributed by atoms with Crippen LogP contribution >= 0.6 is 11.3 Å². The van der Waals surface area contributed by atoms with Crippen LogP contribution in [-0.4, -0.2) is 21.8 Å². The van der Waals surface area contributed by atoms with E-state index in [9.17, 15) is 9.59 Å². The fourth-order valence-corrected chi connectivity index (χ4v) is 4.01. The summed E-state index contributed by atoms with van der Waals surface area (Å²) in [6, 6.07) is 18.9. The van der Waals surface area contributed by atoms with Crippen molar-refractivity contribution in [2.24, 2.45) is 0 Å². The summed E-state index contributed by atoms with van der Waals surface area (Å²) in [7, 11) is 0. The number of thiazole rings is 1. The third-order valence-corrected chi connectivity index (χ3v) is 5.37. The van der Waals surface area contributed by atoms with Gasteiger partial charge in [-0.25, -0.2) is 4.98 Å². The Morgan fingerprint density at radius 1 is 1.03 bits per heavy atom. The van der Waals surface area contributed by atoms with Gasteiger partial charge in [-0.05, 0) is 23.8 Å². The fraction of sp³-hybridized carbons (Fsp3) is 0.130. The van der Waals surface area contributed by atoms with Crippen molar-refractivity contribution in [3.63, 3.8) is 0 Å². The Balaban J connectivity index is 1.43. The number of nitrogens with zero attached hydrogens (tertiary/aromatic N) is 3. The predicted octanol–water partition coefficient (Wildman–Crippen LogP) is 4.66. The zero-order valence-corrected chi connectivity index (χ0v) is 17.1. The normalized spacial score (nSPS) is 10.7. The number of anilines is 2. The van der Waals surface area contributed by atoms with Gasteiger partial charge in [0.15, 0.2) is 5.13 Å². The molecule has 4 aromatic rings. The van der Waals surface area contributed by atoms with Gasteiger partial charge in [0.05, 0.1) is 23.3 Å². The van der Waals surface area contributed by atoms with E-state index in [1.807, 2.05) is 60.7 Å². The maximum absolute atomic E-state index is 12.4. The van der Waals surface area contributed by atoms with E-state index in [2.05, 4.69) is 9.97 Å². The van der Waals surface area contributed by atoms with E-state index < -0.39 is 0 Å². The number of ether oxygens (including phenoxy) is 1. The molecule has 0 spiro atoms. The average Bonchev–Trinajstić information content (AvgIpc) is 3.21. The second-order valence-corrected chi connectivity index (χ2v) is 7.48. The number of benzene rings is 2.